The van der Waals surface area contributed by atoms with Crippen molar-refractivity contribution < 1.29 is 0 Å². The van der Waals surface area contributed by atoms with Crippen LogP contribution in [-0.4, -0.2) is 23.6 Å². The second kappa shape index (κ2) is 7.87. The molecule has 0 spiro atoms. The molecule has 0 saturated heterocycles. The molecule has 1 N–H and O–H groups in total. The molecule has 4 nitrogen and oxygen atoms in total. The topological polar surface area (TPSA) is 41.1 Å². The fraction of sp³-hybridized carbons (Fsp3) is 0.467. The highest BCUT2D eigenvalue weighted by Crippen LogP contribution is 2.24. The average molecular weight is 369 g/mol. The van der Waals surface area contributed by atoms with Gasteiger partial charge in [0.15, 0.2) is 0 Å². The summed E-state index contributed by atoms with van der Waals surface area (Å²) in [7, 11) is 2.08. The van der Waals surface area contributed by atoms with Gasteiger partial charge in [0.25, 0.3) is 0 Å². The fourth-order valence-electron chi connectivity index (χ4n) is 2.12. The van der Waals surface area contributed by atoms with Crippen LogP contribution < -0.4 is 10.2 Å². The lowest BCUT2D eigenvalue weighted by molar-refractivity contribution is 0.671. The molecule has 0 saturated carbocycles. The molecule has 0 aliphatic rings. The molecule has 0 bridgehead atoms. The van der Waals surface area contributed by atoms with Gasteiger partial charge in [-0.2, -0.15) is 0 Å². The van der Waals surface area contributed by atoms with Crippen LogP contribution >= 0.6 is 27.3 Å². The number of rotatable bonds is 7. The van der Waals surface area contributed by atoms with Crippen molar-refractivity contribution in [3.05, 3.63) is 38.4 Å². The maximum absolute atomic E-state index is 4.59. The summed E-state index contributed by atoms with van der Waals surface area (Å²) >= 11 is 5.21. The quantitative estimate of drug-likeness (QED) is 0.755. The summed E-state index contributed by atoms with van der Waals surface area (Å²) in [5.41, 5.74) is 4.22. The van der Waals surface area contributed by atoms with E-state index in [0.717, 1.165) is 42.0 Å². The first-order valence-corrected chi connectivity index (χ1v) is 8.74. The van der Waals surface area contributed by atoms with E-state index in [2.05, 4.69) is 63.1 Å². The van der Waals surface area contributed by atoms with Crippen LogP contribution in [0.4, 0.5) is 5.82 Å². The zero-order valence-electron chi connectivity index (χ0n) is 12.7. The van der Waals surface area contributed by atoms with Gasteiger partial charge in [0, 0.05) is 34.7 Å². The molecule has 0 atom stereocenters. The summed E-state index contributed by atoms with van der Waals surface area (Å²) in [6.07, 6.45) is 2.99. The SMILES string of the molecule is CCCNCc1cc(Br)cnc1N(C)Cc1scnc1C. The van der Waals surface area contributed by atoms with Gasteiger partial charge in [-0.25, -0.2) is 9.97 Å². The summed E-state index contributed by atoms with van der Waals surface area (Å²) in [6.45, 7) is 6.92. The molecule has 0 amide bonds. The number of aromatic nitrogens is 2. The smallest absolute Gasteiger partial charge is 0.133 e. The molecule has 0 fully saturated rings. The van der Waals surface area contributed by atoms with E-state index in [-0.39, 0.29) is 0 Å². The Hall–Kier alpha value is -0.980. The van der Waals surface area contributed by atoms with E-state index in [9.17, 15) is 0 Å². The van der Waals surface area contributed by atoms with Crippen molar-refractivity contribution in [1.29, 1.82) is 0 Å². The number of anilines is 1. The molecule has 0 aromatic carbocycles. The highest BCUT2D eigenvalue weighted by Gasteiger charge is 2.12. The van der Waals surface area contributed by atoms with Crippen molar-refractivity contribution >= 4 is 33.1 Å². The van der Waals surface area contributed by atoms with Crippen molar-refractivity contribution in [2.75, 3.05) is 18.5 Å². The predicted molar refractivity (Wildman–Crippen MR) is 92.9 cm³/mol. The first-order chi connectivity index (χ1) is 10.1. The lowest BCUT2D eigenvalue weighted by Crippen LogP contribution is -2.22. The van der Waals surface area contributed by atoms with Gasteiger partial charge >= 0.3 is 0 Å². The Balaban J connectivity index is 2.15. The predicted octanol–water partition coefficient (Wildman–Crippen LogP) is 3.75. The van der Waals surface area contributed by atoms with E-state index in [1.54, 1.807) is 11.3 Å². The zero-order valence-corrected chi connectivity index (χ0v) is 15.1. The molecule has 114 valence electrons. The number of pyridine rings is 1. The molecule has 6 heteroatoms. The molecule has 0 aliphatic carbocycles. The van der Waals surface area contributed by atoms with Gasteiger partial charge in [-0.3, -0.25) is 0 Å². The van der Waals surface area contributed by atoms with Gasteiger partial charge in [0.2, 0.25) is 0 Å². The molecule has 2 heterocycles. The Bertz CT molecular complexity index is 585. The minimum Gasteiger partial charge on any atom is -0.354 e. The molecule has 0 unspecified atom stereocenters. The number of hydrogen-bond acceptors (Lipinski definition) is 5. The molecule has 2 aromatic heterocycles. The molecule has 2 aromatic rings. The Kier molecular flexibility index (Phi) is 6.14. The number of hydrogen-bond donors (Lipinski definition) is 1. The Morgan fingerprint density at radius 2 is 2.19 bits per heavy atom. The lowest BCUT2D eigenvalue weighted by Gasteiger charge is -2.21. The van der Waals surface area contributed by atoms with E-state index >= 15 is 0 Å². The average Bonchev–Trinajstić information content (AvgIpc) is 2.84. The van der Waals surface area contributed by atoms with E-state index in [0.29, 0.717) is 0 Å². The van der Waals surface area contributed by atoms with Crippen LogP contribution in [0.1, 0.15) is 29.5 Å². The van der Waals surface area contributed by atoms with Gasteiger partial charge in [-0.1, -0.05) is 6.92 Å². The molecule has 0 radical (unpaired) electrons. The molecular weight excluding hydrogens is 348 g/mol. The number of thiazole rings is 1. The summed E-state index contributed by atoms with van der Waals surface area (Å²) in [4.78, 5) is 12.4. The van der Waals surface area contributed by atoms with Crippen LogP contribution in [0, 0.1) is 6.92 Å². The third kappa shape index (κ3) is 4.49. The largest absolute Gasteiger partial charge is 0.354 e. The first kappa shape index (κ1) is 16.4. The van der Waals surface area contributed by atoms with Crippen LogP contribution in [0.3, 0.4) is 0 Å². The minimum absolute atomic E-state index is 0.835. The molecule has 21 heavy (non-hydrogen) atoms. The number of halogens is 1. The zero-order chi connectivity index (χ0) is 15.2. The van der Waals surface area contributed by atoms with Gasteiger partial charge < -0.3 is 10.2 Å². The lowest BCUT2D eigenvalue weighted by atomic mass is 10.2. The maximum atomic E-state index is 4.59. The number of nitrogens with zero attached hydrogens (tertiary/aromatic N) is 3. The van der Waals surface area contributed by atoms with Crippen molar-refractivity contribution in [2.24, 2.45) is 0 Å². The summed E-state index contributed by atoms with van der Waals surface area (Å²) in [5.74, 6) is 1.02. The van der Waals surface area contributed by atoms with Crippen LogP contribution in [0.5, 0.6) is 0 Å². The highest BCUT2D eigenvalue weighted by atomic mass is 79.9. The van der Waals surface area contributed by atoms with Gasteiger partial charge in [-0.05, 0) is 41.9 Å². The summed E-state index contributed by atoms with van der Waals surface area (Å²) in [5, 5.41) is 3.45. The van der Waals surface area contributed by atoms with E-state index in [1.165, 1.54) is 10.4 Å². The number of nitrogens with one attached hydrogen (secondary N) is 1. The second-order valence-corrected chi connectivity index (χ2v) is 6.89. The third-order valence-corrected chi connectivity index (χ3v) is 4.59. The van der Waals surface area contributed by atoms with Gasteiger partial charge in [0.1, 0.15) is 5.82 Å². The number of aryl methyl sites for hydroxylation is 1. The van der Waals surface area contributed by atoms with Crippen LogP contribution in [0.25, 0.3) is 0 Å². The van der Waals surface area contributed by atoms with E-state index in [1.807, 2.05) is 11.7 Å². The van der Waals surface area contributed by atoms with Crippen molar-refractivity contribution in [3.63, 3.8) is 0 Å². The van der Waals surface area contributed by atoms with Crippen LogP contribution in [0.15, 0.2) is 22.2 Å². The van der Waals surface area contributed by atoms with E-state index in [4.69, 9.17) is 0 Å². The molecule has 0 aliphatic heterocycles. The second-order valence-electron chi connectivity index (χ2n) is 5.03. The molecular formula is C15H21BrN4S. The summed E-state index contributed by atoms with van der Waals surface area (Å²) < 4.78 is 1.02. The van der Waals surface area contributed by atoms with Crippen molar-refractivity contribution in [3.8, 4) is 0 Å². The Morgan fingerprint density at radius 1 is 1.38 bits per heavy atom. The first-order valence-electron chi connectivity index (χ1n) is 7.07. The molecule has 2 rings (SSSR count). The maximum Gasteiger partial charge on any atom is 0.133 e. The fourth-order valence-corrected chi connectivity index (χ4v) is 3.32. The Labute approximate surface area is 138 Å². The van der Waals surface area contributed by atoms with E-state index < -0.39 is 0 Å². The summed E-state index contributed by atoms with van der Waals surface area (Å²) in [6, 6.07) is 2.14. The van der Waals surface area contributed by atoms with Crippen molar-refractivity contribution in [2.45, 2.75) is 33.4 Å². The van der Waals surface area contributed by atoms with Crippen LogP contribution in [-0.2, 0) is 13.1 Å². The third-order valence-electron chi connectivity index (χ3n) is 3.24. The van der Waals surface area contributed by atoms with Gasteiger partial charge in [-0.15, -0.1) is 11.3 Å². The van der Waals surface area contributed by atoms with Crippen molar-refractivity contribution in [1.82, 2.24) is 15.3 Å². The monoisotopic (exact) mass is 368 g/mol. The van der Waals surface area contributed by atoms with Crippen LogP contribution in [0.2, 0.25) is 0 Å². The van der Waals surface area contributed by atoms with Gasteiger partial charge in [0.05, 0.1) is 17.7 Å². The normalized spacial score (nSPS) is 10.9. The Morgan fingerprint density at radius 3 is 2.86 bits per heavy atom. The highest BCUT2D eigenvalue weighted by molar-refractivity contribution is 9.10. The standard InChI is InChI=1S/C15H21BrN4S/c1-4-5-17-7-12-6-13(16)8-18-15(12)20(3)9-14-11(2)19-10-21-14/h6,8,10,17H,4-5,7,9H2,1-3H3. The minimum atomic E-state index is 0.835.